The van der Waals surface area contributed by atoms with Crippen LogP contribution in [0, 0.1) is 23.2 Å². The van der Waals surface area contributed by atoms with E-state index >= 15 is 0 Å². The zero-order valence-corrected chi connectivity index (χ0v) is 12.2. The highest BCUT2D eigenvalue weighted by Crippen LogP contribution is 2.57. The molecule has 0 N–H and O–H groups in total. The molecule has 2 fully saturated rings. The first-order valence-electron chi connectivity index (χ1n) is 7.19. The number of amides is 2. The summed E-state index contributed by atoms with van der Waals surface area (Å²) in [5.41, 5.74) is -0.813. The van der Waals surface area contributed by atoms with Crippen molar-refractivity contribution >= 4 is 17.5 Å². The van der Waals surface area contributed by atoms with Crippen molar-refractivity contribution in [2.45, 2.75) is 25.0 Å². The van der Waals surface area contributed by atoms with Crippen molar-refractivity contribution in [2.24, 2.45) is 11.8 Å². The second-order valence-electron chi connectivity index (χ2n) is 6.40. The fourth-order valence-electron chi connectivity index (χ4n) is 4.03. The zero-order chi connectivity index (χ0) is 15.7. The highest BCUT2D eigenvalue weighted by atomic mass is 16.5. The fourth-order valence-corrected chi connectivity index (χ4v) is 4.03. The molecular weight excluding hydrogens is 280 g/mol. The molecule has 5 nitrogen and oxygen atoms in total. The van der Waals surface area contributed by atoms with Gasteiger partial charge in [0, 0.05) is 0 Å². The molecule has 2 saturated heterocycles. The van der Waals surface area contributed by atoms with E-state index in [2.05, 4.69) is 0 Å². The first kappa shape index (κ1) is 13.2. The lowest BCUT2D eigenvalue weighted by molar-refractivity contribution is -0.128. The number of imide groups is 1. The molecule has 0 saturated carbocycles. The summed E-state index contributed by atoms with van der Waals surface area (Å²) >= 11 is 0. The lowest BCUT2D eigenvalue weighted by atomic mass is 9.73. The molecule has 5 heteroatoms. The summed E-state index contributed by atoms with van der Waals surface area (Å²) in [6.07, 6.45) is 3.75. The van der Waals surface area contributed by atoms with Crippen LogP contribution in [0.5, 0.6) is 0 Å². The van der Waals surface area contributed by atoms with Crippen LogP contribution in [0.15, 0.2) is 36.4 Å². The van der Waals surface area contributed by atoms with E-state index in [0.29, 0.717) is 11.3 Å². The monoisotopic (exact) mass is 294 g/mol. The minimum Gasteiger partial charge on any atom is -0.359 e. The van der Waals surface area contributed by atoms with E-state index in [9.17, 15) is 14.9 Å². The summed E-state index contributed by atoms with van der Waals surface area (Å²) < 4.78 is 5.95. The van der Waals surface area contributed by atoms with Crippen LogP contribution in [0.3, 0.4) is 0 Å². The highest BCUT2D eigenvalue weighted by Gasteiger charge is 2.70. The Balaban J connectivity index is 1.86. The zero-order valence-electron chi connectivity index (χ0n) is 12.2. The van der Waals surface area contributed by atoms with Gasteiger partial charge in [-0.25, -0.2) is 4.90 Å². The Morgan fingerprint density at radius 2 is 1.64 bits per heavy atom. The molecule has 3 aliphatic rings. The molecule has 3 aliphatic heterocycles. The van der Waals surface area contributed by atoms with Gasteiger partial charge in [-0.15, -0.1) is 0 Å². The van der Waals surface area contributed by atoms with Gasteiger partial charge in [0.25, 0.3) is 0 Å². The van der Waals surface area contributed by atoms with Crippen LogP contribution in [-0.4, -0.2) is 23.0 Å². The maximum atomic E-state index is 12.9. The normalized spacial score (nSPS) is 38.5. The third kappa shape index (κ3) is 1.36. The molecule has 3 heterocycles. The van der Waals surface area contributed by atoms with Crippen molar-refractivity contribution in [3.63, 3.8) is 0 Å². The molecule has 0 aliphatic carbocycles. The van der Waals surface area contributed by atoms with Crippen molar-refractivity contribution in [2.75, 3.05) is 4.90 Å². The molecule has 0 aromatic heterocycles. The van der Waals surface area contributed by atoms with E-state index < -0.39 is 23.0 Å². The maximum Gasteiger partial charge on any atom is 0.241 e. The van der Waals surface area contributed by atoms with Gasteiger partial charge in [-0.1, -0.05) is 24.3 Å². The SMILES string of the molecule is C[C@@]12C=C[C@](C)(O1)[C@H]1C(=O)N(c3ccccc3C#N)C(=O)[C@H]12. The van der Waals surface area contributed by atoms with Crippen LogP contribution >= 0.6 is 0 Å². The van der Waals surface area contributed by atoms with Gasteiger partial charge in [0.2, 0.25) is 11.8 Å². The Morgan fingerprint density at radius 3 is 2.18 bits per heavy atom. The highest BCUT2D eigenvalue weighted by molar-refractivity contribution is 6.24. The number of carbonyl (C=O) groups is 2. The van der Waals surface area contributed by atoms with Crippen LogP contribution in [0.4, 0.5) is 5.69 Å². The summed E-state index contributed by atoms with van der Waals surface area (Å²) in [6, 6.07) is 8.72. The van der Waals surface area contributed by atoms with Gasteiger partial charge in [0.05, 0.1) is 34.3 Å². The average molecular weight is 294 g/mol. The van der Waals surface area contributed by atoms with E-state index in [4.69, 9.17) is 4.74 Å². The number of ether oxygens (including phenoxy) is 1. The number of fused-ring (bicyclic) bond motifs is 5. The molecule has 110 valence electrons. The summed E-state index contributed by atoms with van der Waals surface area (Å²) in [7, 11) is 0. The molecular formula is C17H14N2O3. The summed E-state index contributed by atoms with van der Waals surface area (Å²) in [5, 5.41) is 9.24. The lowest BCUT2D eigenvalue weighted by Gasteiger charge is -2.25. The molecule has 1 aromatic rings. The van der Waals surface area contributed by atoms with Gasteiger partial charge >= 0.3 is 0 Å². The molecule has 0 spiro atoms. The summed E-state index contributed by atoms with van der Waals surface area (Å²) in [5.74, 6) is -1.62. The minimum absolute atomic E-state index is 0.284. The number of para-hydroxylation sites is 1. The quantitative estimate of drug-likeness (QED) is 0.585. The van der Waals surface area contributed by atoms with E-state index in [1.807, 2.05) is 32.1 Å². The van der Waals surface area contributed by atoms with Crippen molar-refractivity contribution in [3.05, 3.63) is 42.0 Å². The predicted octanol–water partition coefficient (Wildman–Crippen LogP) is 1.78. The topological polar surface area (TPSA) is 70.4 Å². The maximum absolute atomic E-state index is 12.9. The second-order valence-corrected chi connectivity index (χ2v) is 6.40. The van der Waals surface area contributed by atoms with E-state index in [0.717, 1.165) is 0 Å². The number of rotatable bonds is 1. The van der Waals surface area contributed by atoms with Crippen molar-refractivity contribution in [1.82, 2.24) is 0 Å². The van der Waals surface area contributed by atoms with Gasteiger partial charge in [-0.3, -0.25) is 9.59 Å². The second kappa shape index (κ2) is 3.84. The Kier molecular flexibility index (Phi) is 2.31. The summed E-state index contributed by atoms with van der Waals surface area (Å²) in [6.45, 7) is 3.68. The van der Waals surface area contributed by atoms with E-state index in [1.54, 1.807) is 24.3 Å². The van der Waals surface area contributed by atoms with Gasteiger partial charge < -0.3 is 4.74 Å². The third-order valence-corrected chi connectivity index (χ3v) is 4.99. The number of nitriles is 1. The molecule has 4 rings (SSSR count). The Hall–Kier alpha value is -2.45. The number of anilines is 1. The standard InChI is InChI=1S/C17H14N2O3/c1-16-7-8-17(2,22-16)13-12(16)14(20)19(15(13)21)11-6-4-3-5-10(11)9-18/h3-8,12-13H,1-2H3/t12-,13+,16-,17-/m0/s1. The van der Waals surface area contributed by atoms with Crippen molar-refractivity contribution in [3.8, 4) is 6.07 Å². The van der Waals surface area contributed by atoms with Crippen molar-refractivity contribution in [1.29, 1.82) is 5.26 Å². The molecule has 22 heavy (non-hydrogen) atoms. The molecule has 1 aromatic carbocycles. The van der Waals surface area contributed by atoms with E-state index in [1.165, 1.54) is 4.90 Å². The van der Waals surface area contributed by atoms with Crippen LogP contribution < -0.4 is 4.90 Å². The van der Waals surface area contributed by atoms with Crippen LogP contribution in [0.1, 0.15) is 19.4 Å². The smallest absolute Gasteiger partial charge is 0.241 e. The van der Waals surface area contributed by atoms with Gasteiger partial charge in [-0.2, -0.15) is 5.26 Å². The van der Waals surface area contributed by atoms with Crippen LogP contribution in [-0.2, 0) is 14.3 Å². The van der Waals surface area contributed by atoms with E-state index in [-0.39, 0.29) is 11.8 Å². The van der Waals surface area contributed by atoms with Crippen molar-refractivity contribution < 1.29 is 14.3 Å². The largest absolute Gasteiger partial charge is 0.359 e. The number of hydrogen-bond donors (Lipinski definition) is 0. The number of hydrogen-bond acceptors (Lipinski definition) is 4. The van der Waals surface area contributed by atoms with Gasteiger partial charge in [0.15, 0.2) is 0 Å². The minimum atomic E-state index is -0.748. The number of nitrogens with zero attached hydrogens (tertiary/aromatic N) is 2. The van der Waals surface area contributed by atoms with Gasteiger partial charge in [-0.05, 0) is 26.0 Å². The molecule has 2 amide bonds. The molecule has 4 atom stereocenters. The third-order valence-electron chi connectivity index (χ3n) is 4.99. The van der Waals surface area contributed by atoms with Gasteiger partial charge in [0.1, 0.15) is 6.07 Å². The lowest BCUT2D eigenvalue weighted by Crippen LogP contribution is -2.39. The fraction of sp³-hybridized carbons (Fsp3) is 0.353. The Bertz CT molecular complexity index is 757. The Morgan fingerprint density at radius 1 is 1.09 bits per heavy atom. The predicted molar refractivity (Wildman–Crippen MR) is 77.7 cm³/mol. The van der Waals surface area contributed by atoms with Crippen LogP contribution in [0.2, 0.25) is 0 Å². The number of benzene rings is 1. The molecule has 0 unspecified atom stereocenters. The Labute approximate surface area is 127 Å². The molecule has 0 radical (unpaired) electrons. The first-order chi connectivity index (χ1) is 10.4. The number of carbonyl (C=O) groups excluding carboxylic acids is 2. The first-order valence-corrected chi connectivity index (χ1v) is 7.19. The molecule has 2 bridgehead atoms. The average Bonchev–Trinajstić information content (AvgIpc) is 3.04. The van der Waals surface area contributed by atoms with Crippen LogP contribution in [0.25, 0.3) is 0 Å². The summed E-state index contributed by atoms with van der Waals surface area (Å²) in [4.78, 5) is 26.9.